The number of aldehydes is 1. The van der Waals surface area contributed by atoms with Gasteiger partial charge in [0.1, 0.15) is 0 Å². The van der Waals surface area contributed by atoms with Crippen molar-refractivity contribution in [3.05, 3.63) is 28.8 Å². The number of ether oxygens (including phenoxy) is 1. The number of hydrogen-bond donors (Lipinski definition) is 0. The molecule has 20 heavy (non-hydrogen) atoms. The molecule has 0 fully saturated rings. The number of hydrogen-bond acceptors (Lipinski definition) is 5. The van der Waals surface area contributed by atoms with Gasteiger partial charge in [-0.2, -0.15) is 18.4 Å². The molecule has 1 aromatic carbocycles. The predicted molar refractivity (Wildman–Crippen MR) is 64.4 cm³/mol. The molecule has 0 radical (unpaired) electrons. The summed E-state index contributed by atoms with van der Waals surface area (Å²) < 4.78 is 41.9. The predicted octanol–water partition coefficient (Wildman–Crippen LogP) is 3.16. The average molecular weight is 303 g/mol. The fraction of sp³-hybridized carbons (Fsp3) is 0.250. The van der Waals surface area contributed by atoms with E-state index in [4.69, 9.17) is 5.26 Å². The summed E-state index contributed by atoms with van der Waals surface area (Å²) in [5, 5.41) is 8.86. The molecule has 0 saturated heterocycles. The van der Waals surface area contributed by atoms with Crippen molar-refractivity contribution in [3.63, 3.8) is 0 Å². The normalized spacial score (nSPS) is 10.8. The van der Waals surface area contributed by atoms with Crippen molar-refractivity contribution in [3.8, 4) is 6.07 Å². The Hall–Kier alpha value is -2.01. The zero-order valence-corrected chi connectivity index (χ0v) is 11.0. The Kier molecular flexibility index (Phi) is 5.16. The van der Waals surface area contributed by atoms with Crippen LogP contribution in [0.4, 0.5) is 13.2 Å². The highest BCUT2D eigenvalue weighted by molar-refractivity contribution is 8.00. The van der Waals surface area contributed by atoms with Crippen molar-refractivity contribution in [2.45, 2.75) is 17.3 Å². The van der Waals surface area contributed by atoms with Crippen LogP contribution in [-0.4, -0.2) is 24.4 Å². The van der Waals surface area contributed by atoms with Crippen molar-refractivity contribution < 1.29 is 27.5 Å². The number of halogens is 3. The molecule has 0 N–H and O–H groups in total. The van der Waals surface area contributed by atoms with Crippen LogP contribution in [0.3, 0.4) is 0 Å². The molecule has 0 saturated carbocycles. The van der Waals surface area contributed by atoms with Crippen molar-refractivity contribution in [2.24, 2.45) is 0 Å². The highest BCUT2D eigenvalue weighted by Gasteiger charge is 2.31. The summed E-state index contributed by atoms with van der Waals surface area (Å²) in [6.45, 7) is 1.58. The van der Waals surface area contributed by atoms with E-state index in [1.54, 1.807) is 6.07 Å². The van der Waals surface area contributed by atoms with Crippen LogP contribution in [0.5, 0.6) is 0 Å². The van der Waals surface area contributed by atoms with Gasteiger partial charge in [-0.25, -0.2) is 4.79 Å². The maximum atomic E-state index is 12.4. The van der Waals surface area contributed by atoms with Gasteiger partial charge in [0.25, 0.3) is 0 Å². The maximum absolute atomic E-state index is 12.4. The van der Waals surface area contributed by atoms with Crippen LogP contribution in [0.2, 0.25) is 0 Å². The summed E-state index contributed by atoms with van der Waals surface area (Å²) in [4.78, 5) is 21.9. The largest absolute Gasteiger partial charge is 0.462 e. The first-order valence-electron chi connectivity index (χ1n) is 5.28. The van der Waals surface area contributed by atoms with Gasteiger partial charge in [-0.1, -0.05) is 0 Å². The number of alkyl halides is 3. The van der Waals surface area contributed by atoms with Gasteiger partial charge in [-0.15, -0.1) is 0 Å². The zero-order chi connectivity index (χ0) is 15.3. The molecule has 106 valence electrons. The Bertz CT molecular complexity index is 579. The number of benzene rings is 1. The van der Waals surface area contributed by atoms with Gasteiger partial charge in [0.15, 0.2) is 6.29 Å². The molecule has 1 aromatic rings. The van der Waals surface area contributed by atoms with E-state index in [9.17, 15) is 22.8 Å². The molecule has 0 bridgehead atoms. The second kappa shape index (κ2) is 6.43. The number of carbonyl (C=O) groups is 2. The Labute approximate surface area is 116 Å². The summed E-state index contributed by atoms with van der Waals surface area (Å²) in [7, 11) is 0. The zero-order valence-electron chi connectivity index (χ0n) is 10.2. The van der Waals surface area contributed by atoms with Gasteiger partial charge >= 0.3 is 11.5 Å². The summed E-state index contributed by atoms with van der Waals surface area (Å²) in [6.07, 6.45) is 0.154. The Balaban J connectivity index is 3.39. The Morgan fingerprint density at radius 3 is 2.60 bits per heavy atom. The first kappa shape index (κ1) is 16.0. The highest BCUT2D eigenvalue weighted by Crippen LogP contribution is 2.39. The Morgan fingerprint density at radius 1 is 1.50 bits per heavy atom. The molecule has 1 rings (SSSR count). The molecule has 0 unspecified atom stereocenters. The minimum atomic E-state index is -4.64. The van der Waals surface area contributed by atoms with E-state index >= 15 is 0 Å². The molecule has 0 amide bonds. The lowest BCUT2D eigenvalue weighted by atomic mass is 10.1. The van der Waals surface area contributed by atoms with E-state index in [2.05, 4.69) is 4.74 Å². The fourth-order valence-corrected chi connectivity index (χ4v) is 2.09. The van der Waals surface area contributed by atoms with Crippen molar-refractivity contribution >= 4 is 24.0 Å². The van der Waals surface area contributed by atoms with Crippen LogP contribution in [0.15, 0.2) is 17.0 Å². The van der Waals surface area contributed by atoms with E-state index in [1.165, 1.54) is 6.92 Å². The van der Waals surface area contributed by atoms with E-state index in [0.29, 0.717) is 0 Å². The van der Waals surface area contributed by atoms with Crippen LogP contribution < -0.4 is 0 Å². The summed E-state index contributed by atoms with van der Waals surface area (Å²) >= 11 is -0.559. The molecule has 0 atom stereocenters. The number of thioether (sulfide) groups is 1. The van der Waals surface area contributed by atoms with Crippen molar-refractivity contribution in [1.29, 1.82) is 5.26 Å². The van der Waals surface area contributed by atoms with Gasteiger partial charge in [-0.05, 0) is 30.8 Å². The molecule has 0 spiro atoms. The maximum Gasteiger partial charge on any atom is 0.446 e. The fourth-order valence-electron chi connectivity index (χ4n) is 1.38. The molecule has 0 aliphatic heterocycles. The van der Waals surface area contributed by atoms with Gasteiger partial charge < -0.3 is 4.74 Å². The van der Waals surface area contributed by atoms with Crippen LogP contribution in [0.25, 0.3) is 0 Å². The molecule has 8 heteroatoms. The van der Waals surface area contributed by atoms with Gasteiger partial charge in [0.2, 0.25) is 0 Å². The van der Waals surface area contributed by atoms with E-state index < -0.39 is 33.7 Å². The van der Waals surface area contributed by atoms with Gasteiger partial charge in [0.05, 0.1) is 23.8 Å². The molecular formula is C12H8F3NO3S. The van der Waals surface area contributed by atoms with E-state index in [-0.39, 0.29) is 24.0 Å². The second-order valence-corrected chi connectivity index (χ2v) is 4.54. The molecule has 0 aliphatic rings. The first-order chi connectivity index (χ1) is 9.32. The third-order valence-electron chi connectivity index (χ3n) is 2.12. The van der Waals surface area contributed by atoms with Crippen LogP contribution >= 0.6 is 11.8 Å². The molecule has 0 aromatic heterocycles. The topological polar surface area (TPSA) is 67.2 Å². The van der Waals surface area contributed by atoms with Crippen molar-refractivity contribution in [2.75, 3.05) is 6.61 Å². The quantitative estimate of drug-likeness (QED) is 0.485. The van der Waals surface area contributed by atoms with E-state index in [0.717, 1.165) is 12.1 Å². The van der Waals surface area contributed by atoms with Gasteiger partial charge in [0, 0.05) is 10.5 Å². The smallest absolute Gasteiger partial charge is 0.446 e. The summed E-state index contributed by atoms with van der Waals surface area (Å²) in [6, 6.07) is 3.51. The first-order valence-corrected chi connectivity index (χ1v) is 6.10. The highest BCUT2D eigenvalue weighted by atomic mass is 32.2. The molecule has 0 aliphatic carbocycles. The number of nitriles is 1. The number of nitrogens with zero attached hydrogens (tertiary/aromatic N) is 1. The summed E-state index contributed by atoms with van der Waals surface area (Å²) in [5.74, 6) is -0.856. The third kappa shape index (κ3) is 3.99. The minimum Gasteiger partial charge on any atom is -0.462 e. The summed E-state index contributed by atoms with van der Waals surface area (Å²) in [5.41, 5.74) is -5.56. The second-order valence-electron chi connectivity index (χ2n) is 3.43. The molecule has 0 heterocycles. The third-order valence-corrected chi connectivity index (χ3v) is 2.91. The van der Waals surface area contributed by atoms with Crippen LogP contribution in [0, 0.1) is 11.3 Å². The lowest BCUT2D eigenvalue weighted by Gasteiger charge is -2.11. The minimum absolute atomic E-state index is 0.0396. The lowest BCUT2D eigenvalue weighted by molar-refractivity contribution is -0.0328. The average Bonchev–Trinajstić information content (AvgIpc) is 2.36. The number of rotatable bonds is 4. The SMILES string of the molecule is CCOC(=O)c1cc(C#N)c(C=O)c(SC(F)(F)F)c1. The molecular weight excluding hydrogens is 295 g/mol. The van der Waals surface area contributed by atoms with Crippen LogP contribution in [0.1, 0.15) is 33.2 Å². The monoisotopic (exact) mass is 303 g/mol. The van der Waals surface area contributed by atoms with Crippen molar-refractivity contribution in [1.82, 2.24) is 0 Å². The van der Waals surface area contributed by atoms with Gasteiger partial charge in [-0.3, -0.25) is 4.79 Å². The lowest BCUT2D eigenvalue weighted by Crippen LogP contribution is -2.08. The standard InChI is InChI=1S/C12H8F3NO3S/c1-2-19-11(18)7-3-8(5-16)9(6-17)10(4-7)20-12(13,14)15/h3-4,6H,2H2,1H3. The van der Waals surface area contributed by atoms with E-state index in [1.807, 2.05) is 0 Å². The number of esters is 1. The van der Waals surface area contributed by atoms with Crippen LogP contribution in [-0.2, 0) is 4.74 Å². The number of carbonyl (C=O) groups excluding carboxylic acids is 2. The Morgan fingerprint density at radius 2 is 2.15 bits per heavy atom. The molecule has 4 nitrogen and oxygen atoms in total.